The SMILES string of the molecule is O=C(CN1CCN(CCO)CC1)NC(=O)NC1CCCCC1. The Hall–Kier alpha value is -1.18. The minimum atomic E-state index is -0.365. The van der Waals surface area contributed by atoms with Crippen LogP contribution in [0.15, 0.2) is 0 Å². The van der Waals surface area contributed by atoms with Crippen molar-refractivity contribution in [2.24, 2.45) is 0 Å². The lowest BCUT2D eigenvalue weighted by molar-refractivity contribution is -0.121. The Balaban J connectivity index is 1.62. The highest BCUT2D eigenvalue weighted by Gasteiger charge is 2.20. The fourth-order valence-electron chi connectivity index (χ4n) is 3.15. The van der Waals surface area contributed by atoms with E-state index in [9.17, 15) is 9.59 Å². The summed E-state index contributed by atoms with van der Waals surface area (Å²) in [5, 5.41) is 14.2. The molecule has 0 aromatic heterocycles. The van der Waals surface area contributed by atoms with E-state index in [0.717, 1.165) is 51.9 Å². The Morgan fingerprint density at radius 2 is 1.64 bits per heavy atom. The fourth-order valence-corrected chi connectivity index (χ4v) is 3.15. The molecule has 0 unspecified atom stereocenters. The van der Waals surface area contributed by atoms with Crippen LogP contribution < -0.4 is 10.6 Å². The van der Waals surface area contributed by atoms with Gasteiger partial charge in [0, 0.05) is 38.8 Å². The second-order valence-corrected chi connectivity index (χ2v) is 6.20. The van der Waals surface area contributed by atoms with Crippen LogP contribution in [0, 0.1) is 0 Å². The number of carbonyl (C=O) groups excluding carboxylic acids is 2. The number of hydrogen-bond donors (Lipinski definition) is 3. The lowest BCUT2D eigenvalue weighted by Crippen LogP contribution is -2.52. The molecule has 0 radical (unpaired) electrons. The summed E-state index contributed by atoms with van der Waals surface area (Å²) in [6.07, 6.45) is 5.55. The Labute approximate surface area is 132 Å². The summed E-state index contributed by atoms with van der Waals surface area (Å²) >= 11 is 0. The van der Waals surface area contributed by atoms with Crippen molar-refractivity contribution in [3.05, 3.63) is 0 Å². The van der Waals surface area contributed by atoms with E-state index in [2.05, 4.69) is 15.5 Å². The molecular formula is C15H28N4O3. The Bertz CT molecular complexity index is 364. The Kier molecular flexibility index (Phi) is 7.08. The summed E-state index contributed by atoms with van der Waals surface area (Å²) in [5.41, 5.74) is 0. The van der Waals surface area contributed by atoms with Crippen LogP contribution in [0.2, 0.25) is 0 Å². The maximum absolute atomic E-state index is 11.9. The number of hydrogen-bond acceptors (Lipinski definition) is 5. The smallest absolute Gasteiger partial charge is 0.321 e. The van der Waals surface area contributed by atoms with E-state index in [-0.39, 0.29) is 31.1 Å². The molecule has 0 bridgehead atoms. The van der Waals surface area contributed by atoms with Crippen LogP contribution >= 0.6 is 0 Å². The summed E-state index contributed by atoms with van der Waals surface area (Å²) in [4.78, 5) is 27.9. The van der Waals surface area contributed by atoms with Crippen LogP contribution in [-0.2, 0) is 4.79 Å². The standard InChI is InChI=1S/C15H28N4O3/c20-11-10-18-6-8-19(9-7-18)12-14(21)17-15(22)16-13-4-2-1-3-5-13/h13,20H,1-12H2,(H2,16,17,21,22). The quantitative estimate of drug-likeness (QED) is 0.652. The zero-order chi connectivity index (χ0) is 15.8. The number of imide groups is 1. The zero-order valence-corrected chi connectivity index (χ0v) is 13.2. The van der Waals surface area contributed by atoms with Crippen molar-refractivity contribution in [3.8, 4) is 0 Å². The van der Waals surface area contributed by atoms with Crippen molar-refractivity contribution in [2.45, 2.75) is 38.1 Å². The predicted molar refractivity (Wildman–Crippen MR) is 83.5 cm³/mol. The molecule has 7 heteroatoms. The van der Waals surface area contributed by atoms with Crippen LogP contribution in [0.1, 0.15) is 32.1 Å². The number of urea groups is 1. The largest absolute Gasteiger partial charge is 0.395 e. The van der Waals surface area contributed by atoms with Gasteiger partial charge in [0.2, 0.25) is 5.91 Å². The second kappa shape index (κ2) is 9.07. The average molecular weight is 312 g/mol. The van der Waals surface area contributed by atoms with E-state index in [0.29, 0.717) is 6.54 Å². The molecule has 1 aliphatic heterocycles. The van der Waals surface area contributed by atoms with E-state index in [1.165, 1.54) is 6.42 Å². The molecule has 1 saturated carbocycles. The minimum Gasteiger partial charge on any atom is -0.395 e. The zero-order valence-electron chi connectivity index (χ0n) is 13.2. The molecule has 1 heterocycles. The van der Waals surface area contributed by atoms with Gasteiger partial charge < -0.3 is 10.4 Å². The van der Waals surface area contributed by atoms with Gasteiger partial charge in [-0.2, -0.15) is 0 Å². The maximum Gasteiger partial charge on any atom is 0.321 e. The third-order valence-electron chi connectivity index (χ3n) is 4.44. The Morgan fingerprint density at radius 1 is 1.00 bits per heavy atom. The molecule has 2 rings (SSSR count). The van der Waals surface area contributed by atoms with Crippen molar-refractivity contribution in [1.29, 1.82) is 0 Å². The topological polar surface area (TPSA) is 84.9 Å². The second-order valence-electron chi connectivity index (χ2n) is 6.20. The predicted octanol–water partition coefficient (Wildman–Crippen LogP) is -0.245. The van der Waals surface area contributed by atoms with E-state index in [1.54, 1.807) is 0 Å². The molecule has 3 amide bonds. The molecule has 3 N–H and O–H groups in total. The van der Waals surface area contributed by atoms with Crippen molar-refractivity contribution >= 4 is 11.9 Å². The molecule has 2 fully saturated rings. The van der Waals surface area contributed by atoms with E-state index in [4.69, 9.17) is 5.11 Å². The molecule has 2 aliphatic rings. The number of rotatable bonds is 5. The molecule has 0 atom stereocenters. The van der Waals surface area contributed by atoms with Gasteiger partial charge in [0.25, 0.3) is 0 Å². The van der Waals surface area contributed by atoms with Crippen LogP contribution in [-0.4, -0.2) is 78.8 Å². The molecule has 0 aromatic rings. The average Bonchev–Trinajstić information content (AvgIpc) is 2.50. The fraction of sp³-hybridized carbons (Fsp3) is 0.867. The number of aliphatic hydroxyl groups excluding tert-OH is 1. The first kappa shape index (κ1) is 17.2. The van der Waals surface area contributed by atoms with Gasteiger partial charge in [0.05, 0.1) is 13.2 Å². The van der Waals surface area contributed by atoms with Gasteiger partial charge in [0.15, 0.2) is 0 Å². The summed E-state index contributed by atoms with van der Waals surface area (Å²) in [6.45, 7) is 4.39. The van der Waals surface area contributed by atoms with Gasteiger partial charge in [-0.1, -0.05) is 19.3 Å². The number of carbonyl (C=O) groups is 2. The maximum atomic E-state index is 11.9. The van der Waals surface area contributed by atoms with Crippen molar-refractivity contribution in [1.82, 2.24) is 20.4 Å². The molecule has 0 aromatic carbocycles. The van der Waals surface area contributed by atoms with Gasteiger partial charge in [-0.05, 0) is 12.8 Å². The van der Waals surface area contributed by atoms with Crippen LogP contribution in [0.3, 0.4) is 0 Å². The molecular weight excluding hydrogens is 284 g/mol. The molecule has 0 spiro atoms. The highest BCUT2D eigenvalue weighted by molar-refractivity contribution is 5.95. The van der Waals surface area contributed by atoms with E-state index in [1.807, 2.05) is 4.90 Å². The normalized spacial score (nSPS) is 21.5. The number of nitrogens with zero attached hydrogens (tertiary/aromatic N) is 2. The summed E-state index contributed by atoms with van der Waals surface area (Å²) in [6, 6.07) is -0.153. The van der Waals surface area contributed by atoms with Crippen LogP contribution in [0.25, 0.3) is 0 Å². The first-order valence-corrected chi connectivity index (χ1v) is 8.33. The van der Waals surface area contributed by atoms with Gasteiger partial charge in [0.1, 0.15) is 0 Å². The van der Waals surface area contributed by atoms with Gasteiger partial charge in [-0.25, -0.2) is 4.79 Å². The van der Waals surface area contributed by atoms with Crippen LogP contribution in [0.4, 0.5) is 4.79 Å². The lowest BCUT2D eigenvalue weighted by atomic mass is 9.96. The van der Waals surface area contributed by atoms with Crippen LogP contribution in [0.5, 0.6) is 0 Å². The van der Waals surface area contributed by atoms with E-state index >= 15 is 0 Å². The summed E-state index contributed by atoms with van der Waals surface area (Å²) in [5.74, 6) is -0.246. The third kappa shape index (κ3) is 5.90. The first-order chi connectivity index (χ1) is 10.7. The highest BCUT2D eigenvalue weighted by atomic mass is 16.3. The lowest BCUT2D eigenvalue weighted by Gasteiger charge is -2.33. The first-order valence-electron chi connectivity index (χ1n) is 8.33. The molecule has 126 valence electrons. The summed E-state index contributed by atoms with van der Waals surface area (Å²) in [7, 11) is 0. The number of aliphatic hydroxyl groups is 1. The van der Waals surface area contributed by atoms with Crippen molar-refractivity contribution < 1.29 is 14.7 Å². The molecule has 7 nitrogen and oxygen atoms in total. The number of amides is 3. The van der Waals surface area contributed by atoms with Gasteiger partial charge in [-0.3, -0.25) is 19.9 Å². The molecule has 1 aliphatic carbocycles. The number of β-amino-alcohol motifs (C(OH)–C–C–N with tert-alkyl or cyclic N) is 1. The monoisotopic (exact) mass is 312 g/mol. The highest BCUT2D eigenvalue weighted by Crippen LogP contribution is 2.17. The van der Waals surface area contributed by atoms with Crippen molar-refractivity contribution in [3.63, 3.8) is 0 Å². The Morgan fingerprint density at radius 3 is 2.27 bits per heavy atom. The number of piperazine rings is 1. The number of nitrogens with one attached hydrogen (secondary N) is 2. The van der Waals surface area contributed by atoms with E-state index < -0.39 is 0 Å². The molecule has 22 heavy (non-hydrogen) atoms. The van der Waals surface area contributed by atoms with Crippen molar-refractivity contribution in [2.75, 3.05) is 45.9 Å². The third-order valence-corrected chi connectivity index (χ3v) is 4.44. The van der Waals surface area contributed by atoms with Gasteiger partial charge >= 0.3 is 6.03 Å². The summed E-state index contributed by atoms with van der Waals surface area (Å²) < 4.78 is 0. The van der Waals surface area contributed by atoms with Gasteiger partial charge in [-0.15, -0.1) is 0 Å². The molecule has 1 saturated heterocycles. The minimum absolute atomic E-state index is 0.168.